The minimum absolute atomic E-state index is 0.626. The fourth-order valence-corrected chi connectivity index (χ4v) is 1.97. The number of aryl methyl sites for hydroxylation is 1. The largest absolute Gasteiger partial charge is 0.493 e. The zero-order valence-electron chi connectivity index (χ0n) is 12.1. The number of pyridine rings is 1. The van der Waals surface area contributed by atoms with Crippen LogP contribution in [0.15, 0.2) is 24.7 Å². The molecule has 0 unspecified atom stereocenters. The maximum atomic E-state index is 5.34. The SMILES string of the molecule is COc1ccnc(CNCCn2cc(C)cn2)c1OC. The van der Waals surface area contributed by atoms with Gasteiger partial charge in [0.05, 0.1) is 32.7 Å². The first-order valence-corrected chi connectivity index (χ1v) is 6.50. The Kier molecular flexibility index (Phi) is 4.95. The van der Waals surface area contributed by atoms with Crippen LogP contribution in [0.3, 0.4) is 0 Å². The Morgan fingerprint density at radius 3 is 2.80 bits per heavy atom. The van der Waals surface area contributed by atoms with E-state index in [-0.39, 0.29) is 0 Å². The smallest absolute Gasteiger partial charge is 0.183 e. The van der Waals surface area contributed by atoms with Crippen molar-refractivity contribution < 1.29 is 9.47 Å². The van der Waals surface area contributed by atoms with Crippen molar-refractivity contribution in [1.82, 2.24) is 20.1 Å². The molecule has 20 heavy (non-hydrogen) atoms. The van der Waals surface area contributed by atoms with Gasteiger partial charge < -0.3 is 14.8 Å². The number of aromatic nitrogens is 3. The second-order valence-corrected chi connectivity index (χ2v) is 4.45. The summed E-state index contributed by atoms with van der Waals surface area (Å²) in [6, 6.07) is 1.79. The van der Waals surface area contributed by atoms with Crippen LogP contribution in [-0.4, -0.2) is 35.5 Å². The number of methoxy groups -OCH3 is 2. The predicted molar refractivity (Wildman–Crippen MR) is 76.0 cm³/mol. The first kappa shape index (κ1) is 14.3. The molecule has 0 aliphatic carbocycles. The summed E-state index contributed by atoms with van der Waals surface area (Å²) in [6.45, 7) is 4.28. The van der Waals surface area contributed by atoms with Crippen molar-refractivity contribution in [3.05, 3.63) is 35.9 Å². The van der Waals surface area contributed by atoms with Crippen LogP contribution < -0.4 is 14.8 Å². The Balaban J connectivity index is 1.87. The molecule has 0 bridgehead atoms. The van der Waals surface area contributed by atoms with Gasteiger partial charge in [-0.1, -0.05) is 0 Å². The van der Waals surface area contributed by atoms with Gasteiger partial charge in [0, 0.05) is 31.5 Å². The lowest BCUT2D eigenvalue weighted by molar-refractivity contribution is 0.348. The third-order valence-electron chi connectivity index (χ3n) is 2.94. The summed E-state index contributed by atoms with van der Waals surface area (Å²) in [5, 5.41) is 7.56. The van der Waals surface area contributed by atoms with Crippen molar-refractivity contribution in [2.45, 2.75) is 20.0 Å². The maximum absolute atomic E-state index is 5.34. The van der Waals surface area contributed by atoms with Gasteiger partial charge in [0.25, 0.3) is 0 Å². The summed E-state index contributed by atoms with van der Waals surface area (Å²) in [5.41, 5.74) is 2.00. The van der Waals surface area contributed by atoms with Crippen molar-refractivity contribution in [1.29, 1.82) is 0 Å². The van der Waals surface area contributed by atoms with Gasteiger partial charge in [-0.2, -0.15) is 5.10 Å². The summed E-state index contributed by atoms with van der Waals surface area (Å²) < 4.78 is 12.5. The molecule has 0 amide bonds. The fraction of sp³-hybridized carbons (Fsp3) is 0.429. The molecule has 1 N–H and O–H groups in total. The summed E-state index contributed by atoms with van der Waals surface area (Å²) in [6.07, 6.45) is 5.59. The molecule has 0 aromatic carbocycles. The Morgan fingerprint density at radius 2 is 2.15 bits per heavy atom. The van der Waals surface area contributed by atoms with Gasteiger partial charge in [-0.25, -0.2) is 0 Å². The van der Waals surface area contributed by atoms with Gasteiger partial charge in [-0.3, -0.25) is 9.67 Å². The zero-order valence-corrected chi connectivity index (χ0v) is 12.1. The standard InChI is InChI=1S/C14H20N4O2/c1-11-8-17-18(10-11)7-6-15-9-12-14(20-3)13(19-2)4-5-16-12/h4-5,8,10,15H,6-7,9H2,1-3H3. The Bertz CT molecular complexity index is 554. The van der Waals surface area contributed by atoms with Gasteiger partial charge in [0.2, 0.25) is 0 Å². The molecule has 2 heterocycles. The normalized spacial score (nSPS) is 10.6. The first-order valence-electron chi connectivity index (χ1n) is 6.50. The molecular formula is C14H20N4O2. The van der Waals surface area contributed by atoms with Crippen molar-refractivity contribution in [2.75, 3.05) is 20.8 Å². The fourth-order valence-electron chi connectivity index (χ4n) is 1.97. The van der Waals surface area contributed by atoms with Crippen molar-refractivity contribution in [3.63, 3.8) is 0 Å². The molecule has 0 atom stereocenters. The third-order valence-corrected chi connectivity index (χ3v) is 2.94. The van der Waals surface area contributed by atoms with E-state index in [2.05, 4.69) is 15.4 Å². The van der Waals surface area contributed by atoms with Crippen LogP contribution in [0.5, 0.6) is 11.5 Å². The average molecular weight is 276 g/mol. The third kappa shape index (κ3) is 3.48. The number of ether oxygens (including phenoxy) is 2. The molecule has 0 aliphatic rings. The molecule has 6 nitrogen and oxygen atoms in total. The molecular weight excluding hydrogens is 256 g/mol. The topological polar surface area (TPSA) is 61.2 Å². The maximum Gasteiger partial charge on any atom is 0.183 e. The van der Waals surface area contributed by atoms with E-state index in [0.29, 0.717) is 18.0 Å². The minimum atomic E-state index is 0.626. The Morgan fingerprint density at radius 1 is 1.30 bits per heavy atom. The predicted octanol–water partition coefficient (Wildman–Crippen LogP) is 1.39. The number of nitrogens with one attached hydrogen (secondary N) is 1. The average Bonchev–Trinajstić information content (AvgIpc) is 2.88. The van der Waals surface area contributed by atoms with E-state index < -0.39 is 0 Å². The van der Waals surface area contributed by atoms with Gasteiger partial charge in [-0.15, -0.1) is 0 Å². The quantitative estimate of drug-likeness (QED) is 0.774. The number of rotatable bonds is 7. The van der Waals surface area contributed by atoms with E-state index in [9.17, 15) is 0 Å². The molecule has 2 rings (SSSR count). The molecule has 108 valence electrons. The Labute approximate surface area is 118 Å². The molecule has 0 aliphatic heterocycles. The van der Waals surface area contributed by atoms with E-state index in [1.165, 1.54) is 5.56 Å². The van der Waals surface area contributed by atoms with Crippen molar-refractivity contribution in [2.24, 2.45) is 0 Å². The highest BCUT2D eigenvalue weighted by molar-refractivity contribution is 5.42. The van der Waals surface area contributed by atoms with Gasteiger partial charge in [0.15, 0.2) is 11.5 Å². The van der Waals surface area contributed by atoms with E-state index in [1.807, 2.05) is 24.0 Å². The van der Waals surface area contributed by atoms with Crippen LogP contribution in [0.1, 0.15) is 11.3 Å². The molecule has 2 aromatic rings. The number of hydrogen-bond donors (Lipinski definition) is 1. The zero-order chi connectivity index (χ0) is 14.4. The highest BCUT2D eigenvalue weighted by Gasteiger charge is 2.10. The van der Waals surface area contributed by atoms with Crippen molar-refractivity contribution >= 4 is 0 Å². The van der Waals surface area contributed by atoms with Crippen LogP contribution in [0.2, 0.25) is 0 Å². The Hall–Kier alpha value is -2.08. The van der Waals surface area contributed by atoms with E-state index in [4.69, 9.17) is 9.47 Å². The van der Waals surface area contributed by atoms with Crippen LogP contribution in [0.4, 0.5) is 0 Å². The second kappa shape index (κ2) is 6.91. The van der Waals surface area contributed by atoms with Crippen LogP contribution in [-0.2, 0) is 13.1 Å². The minimum Gasteiger partial charge on any atom is -0.493 e. The first-order chi connectivity index (χ1) is 9.74. The molecule has 6 heteroatoms. The second-order valence-electron chi connectivity index (χ2n) is 4.45. The summed E-state index contributed by atoms with van der Waals surface area (Å²) in [7, 11) is 3.24. The van der Waals surface area contributed by atoms with E-state index >= 15 is 0 Å². The van der Waals surface area contributed by atoms with Gasteiger partial charge in [-0.05, 0) is 12.5 Å². The highest BCUT2D eigenvalue weighted by Crippen LogP contribution is 2.28. The monoisotopic (exact) mass is 276 g/mol. The molecule has 2 aromatic heterocycles. The van der Waals surface area contributed by atoms with Crippen molar-refractivity contribution in [3.8, 4) is 11.5 Å². The van der Waals surface area contributed by atoms with E-state index in [1.54, 1.807) is 26.5 Å². The van der Waals surface area contributed by atoms with Gasteiger partial charge >= 0.3 is 0 Å². The molecule has 0 saturated heterocycles. The van der Waals surface area contributed by atoms with Crippen LogP contribution in [0, 0.1) is 6.92 Å². The highest BCUT2D eigenvalue weighted by atomic mass is 16.5. The lowest BCUT2D eigenvalue weighted by Crippen LogP contribution is -2.20. The van der Waals surface area contributed by atoms with Gasteiger partial charge in [0.1, 0.15) is 0 Å². The van der Waals surface area contributed by atoms with E-state index in [0.717, 1.165) is 18.8 Å². The lowest BCUT2D eigenvalue weighted by atomic mass is 10.3. The van der Waals surface area contributed by atoms with Crippen LogP contribution >= 0.6 is 0 Å². The molecule has 0 radical (unpaired) electrons. The number of nitrogens with zero attached hydrogens (tertiary/aromatic N) is 3. The lowest BCUT2D eigenvalue weighted by Gasteiger charge is -2.12. The molecule has 0 fully saturated rings. The summed E-state index contributed by atoms with van der Waals surface area (Å²) in [4.78, 5) is 4.32. The van der Waals surface area contributed by atoms with Crippen LogP contribution in [0.25, 0.3) is 0 Å². The number of hydrogen-bond acceptors (Lipinski definition) is 5. The molecule has 0 saturated carbocycles. The summed E-state index contributed by atoms with van der Waals surface area (Å²) >= 11 is 0. The molecule has 0 spiro atoms. The summed E-state index contributed by atoms with van der Waals surface area (Å²) in [5.74, 6) is 1.37.